The summed E-state index contributed by atoms with van der Waals surface area (Å²) in [5.41, 5.74) is 1.04. The van der Waals surface area contributed by atoms with Crippen molar-refractivity contribution in [2.75, 3.05) is 12.4 Å². The van der Waals surface area contributed by atoms with Gasteiger partial charge in [0.15, 0.2) is 11.5 Å². The van der Waals surface area contributed by atoms with E-state index in [1.54, 1.807) is 36.4 Å². The first-order chi connectivity index (χ1) is 9.24. The van der Waals surface area contributed by atoms with Crippen LogP contribution in [0.3, 0.4) is 0 Å². The molecule has 0 aliphatic carbocycles. The van der Waals surface area contributed by atoms with E-state index in [1.807, 2.05) is 6.07 Å². The van der Waals surface area contributed by atoms with Crippen LogP contribution in [0.2, 0.25) is 0 Å². The van der Waals surface area contributed by atoms with Gasteiger partial charge in [-0.2, -0.15) is 5.26 Å². The summed E-state index contributed by atoms with van der Waals surface area (Å²) in [6.45, 7) is 0.394. The highest BCUT2D eigenvalue weighted by molar-refractivity contribution is 5.47. The van der Waals surface area contributed by atoms with Gasteiger partial charge < -0.3 is 15.2 Å². The van der Waals surface area contributed by atoms with Gasteiger partial charge in [-0.15, -0.1) is 0 Å². The Kier molecular flexibility index (Phi) is 3.84. The maximum absolute atomic E-state index is 9.93. The van der Waals surface area contributed by atoms with Gasteiger partial charge in [-0.05, 0) is 18.2 Å². The third-order valence-corrected chi connectivity index (χ3v) is 2.63. The zero-order valence-electron chi connectivity index (χ0n) is 10.4. The largest absolute Gasteiger partial charge is 0.504 e. The molecule has 0 saturated heterocycles. The van der Waals surface area contributed by atoms with Crippen LogP contribution < -0.4 is 10.1 Å². The number of hydrogen-bond acceptors (Lipinski definition) is 5. The molecule has 1 aromatic carbocycles. The highest BCUT2D eigenvalue weighted by Crippen LogP contribution is 2.29. The number of para-hydroxylation sites is 1. The van der Waals surface area contributed by atoms with Crippen LogP contribution in [0.15, 0.2) is 36.4 Å². The zero-order chi connectivity index (χ0) is 13.7. The topological polar surface area (TPSA) is 78.2 Å². The molecular weight excluding hydrogens is 242 g/mol. The van der Waals surface area contributed by atoms with Crippen molar-refractivity contribution in [3.63, 3.8) is 0 Å². The van der Waals surface area contributed by atoms with E-state index in [0.29, 0.717) is 29.4 Å². The first-order valence-corrected chi connectivity index (χ1v) is 5.70. The molecule has 0 radical (unpaired) electrons. The van der Waals surface area contributed by atoms with Crippen molar-refractivity contribution in [1.29, 1.82) is 5.26 Å². The first kappa shape index (κ1) is 12.7. The fraction of sp³-hybridized carbons (Fsp3) is 0.143. The van der Waals surface area contributed by atoms with E-state index in [1.165, 1.54) is 7.11 Å². The molecule has 5 nitrogen and oxygen atoms in total. The number of hydrogen-bond donors (Lipinski definition) is 2. The molecule has 0 bridgehead atoms. The Hall–Kier alpha value is -2.74. The van der Waals surface area contributed by atoms with Gasteiger partial charge in [0.05, 0.1) is 7.11 Å². The van der Waals surface area contributed by atoms with E-state index >= 15 is 0 Å². The van der Waals surface area contributed by atoms with Crippen molar-refractivity contribution in [3.05, 3.63) is 47.7 Å². The van der Waals surface area contributed by atoms with Crippen molar-refractivity contribution >= 4 is 5.82 Å². The molecule has 2 aromatic rings. The van der Waals surface area contributed by atoms with Gasteiger partial charge in [-0.25, -0.2) is 4.98 Å². The van der Waals surface area contributed by atoms with Crippen molar-refractivity contribution in [3.8, 4) is 17.6 Å². The lowest BCUT2D eigenvalue weighted by Gasteiger charge is -2.10. The maximum atomic E-state index is 9.93. The molecule has 0 spiro atoms. The van der Waals surface area contributed by atoms with Crippen molar-refractivity contribution in [2.45, 2.75) is 6.54 Å². The number of aromatic hydroxyl groups is 1. The predicted octanol–water partition coefficient (Wildman–Crippen LogP) is 2.28. The van der Waals surface area contributed by atoms with E-state index in [-0.39, 0.29) is 5.75 Å². The second-order valence-electron chi connectivity index (χ2n) is 3.84. The average Bonchev–Trinajstić information content (AvgIpc) is 2.46. The van der Waals surface area contributed by atoms with Crippen molar-refractivity contribution in [2.24, 2.45) is 0 Å². The number of pyridine rings is 1. The van der Waals surface area contributed by atoms with E-state index in [2.05, 4.69) is 10.3 Å². The molecule has 5 heteroatoms. The Balaban J connectivity index is 2.12. The van der Waals surface area contributed by atoms with E-state index in [0.717, 1.165) is 0 Å². The Labute approximate surface area is 111 Å². The zero-order valence-corrected chi connectivity index (χ0v) is 10.4. The number of aromatic nitrogens is 1. The minimum absolute atomic E-state index is 0.105. The van der Waals surface area contributed by atoms with E-state index in [9.17, 15) is 5.11 Å². The highest BCUT2D eigenvalue weighted by atomic mass is 16.5. The number of phenolic OH excluding ortho intramolecular Hbond substituents is 1. The third-order valence-electron chi connectivity index (χ3n) is 2.63. The third kappa shape index (κ3) is 2.93. The summed E-state index contributed by atoms with van der Waals surface area (Å²) in [5.74, 6) is 1.12. The molecule has 0 aliphatic rings. The van der Waals surface area contributed by atoms with E-state index < -0.39 is 0 Å². The number of nitrogens with one attached hydrogen (secondary N) is 1. The fourth-order valence-electron chi connectivity index (χ4n) is 1.66. The number of ether oxygens (including phenoxy) is 1. The summed E-state index contributed by atoms with van der Waals surface area (Å²) < 4.78 is 5.04. The average molecular weight is 255 g/mol. The second-order valence-corrected chi connectivity index (χ2v) is 3.84. The minimum Gasteiger partial charge on any atom is -0.504 e. The number of methoxy groups -OCH3 is 1. The van der Waals surface area contributed by atoms with Gasteiger partial charge in [0.2, 0.25) is 0 Å². The van der Waals surface area contributed by atoms with Crippen molar-refractivity contribution < 1.29 is 9.84 Å². The Morgan fingerprint density at radius 1 is 1.32 bits per heavy atom. The minimum atomic E-state index is 0.105. The van der Waals surface area contributed by atoms with Gasteiger partial charge in [-0.3, -0.25) is 0 Å². The number of benzene rings is 1. The predicted molar refractivity (Wildman–Crippen MR) is 70.9 cm³/mol. The van der Waals surface area contributed by atoms with Gasteiger partial charge in [-0.1, -0.05) is 18.2 Å². The Bertz CT molecular complexity index is 620. The molecule has 2 N–H and O–H groups in total. The summed E-state index contributed by atoms with van der Waals surface area (Å²) in [6.07, 6.45) is 0. The van der Waals surface area contributed by atoms with Crippen LogP contribution in [0.4, 0.5) is 5.82 Å². The molecular formula is C14H13N3O2. The fourth-order valence-corrected chi connectivity index (χ4v) is 1.66. The van der Waals surface area contributed by atoms with Gasteiger partial charge in [0.25, 0.3) is 0 Å². The summed E-state index contributed by atoms with van der Waals surface area (Å²) in [5, 5.41) is 21.7. The number of nitriles is 1. The number of phenols is 1. The molecule has 1 heterocycles. The molecule has 1 aromatic heterocycles. The SMILES string of the molecule is COc1cccc(CNc2cccc(C#N)n2)c1O. The van der Waals surface area contributed by atoms with Crippen LogP contribution in [0.25, 0.3) is 0 Å². The lowest BCUT2D eigenvalue weighted by Crippen LogP contribution is -2.02. The van der Waals surface area contributed by atoms with Crippen LogP contribution in [0.1, 0.15) is 11.3 Å². The van der Waals surface area contributed by atoms with Crippen molar-refractivity contribution in [1.82, 2.24) is 4.98 Å². The summed E-state index contributed by atoms with van der Waals surface area (Å²) >= 11 is 0. The molecule has 0 aliphatic heterocycles. The summed E-state index contributed by atoms with van der Waals surface area (Å²) in [4.78, 5) is 4.09. The van der Waals surface area contributed by atoms with Gasteiger partial charge >= 0.3 is 0 Å². The first-order valence-electron chi connectivity index (χ1n) is 5.70. The molecule has 0 unspecified atom stereocenters. The van der Waals surface area contributed by atoms with Crippen LogP contribution >= 0.6 is 0 Å². The highest BCUT2D eigenvalue weighted by Gasteiger charge is 2.07. The Morgan fingerprint density at radius 3 is 2.84 bits per heavy atom. The van der Waals surface area contributed by atoms with Crippen LogP contribution in [-0.4, -0.2) is 17.2 Å². The summed E-state index contributed by atoms with van der Waals surface area (Å²) in [6, 6.07) is 12.4. The lowest BCUT2D eigenvalue weighted by molar-refractivity contribution is 0.371. The smallest absolute Gasteiger partial charge is 0.162 e. The van der Waals surface area contributed by atoms with Crippen LogP contribution in [-0.2, 0) is 6.54 Å². The molecule has 0 amide bonds. The quantitative estimate of drug-likeness (QED) is 0.876. The van der Waals surface area contributed by atoms with Gasteiger partial charge in [0.1, 0.15) is 17.6 Å². The van der Waals surface area contributed by atoms with Crippen LogP contribution in [0.5, 0.6) is 11.5 Å². The number of anilines is 1. The molecule has 0 saturated carbocycles. The standard InChI is InChI=1S/C14H13N3O2/c1-19-12-6-2-4-10(14(12)18)9-16-13-7-3-5-11(8-15)17-13/h2-7,18H,9H2,1H3,(H,16,17). The van der Waals surface area contributed by atoms with Crippen LogP contribution in [0, 0.1) is 11.3 Å². The molecule has 0 atom stereocenters. The monoisotopic (exact) mass is 255 g/mol. The molecule has 0 fully saturated rings. The molecule has 2 rings (SSSR count). The summed E-state index contributed by atoms with van der Waals surface area (Å²) in [7, 11) is 1.50. The molecule has 96 valence electrons. The lowest BCUT2D eigenvalue weighted by atomic mass is 10.2. The maximum Gasteiger partial charge on any atom is 0.162 e. The number of rotatable bonds is 4. The normalized spacial score (nSPS) is 9.68. The second kappa shape index (κ2) is 5.74. The van der Waals surface area contributed by atoms with E-state index in [4.69, 9.17) is 10.00 Å². The number of nitrogens with zero attached hydrogens (tertiary/aromatic N) is 2. The molecule has 19 heavy (non-hydrogen) atoms. The van der Waals surface area contributed by atoms with Gasteiger partial charge in [0, 0.05) is 12.1 Å². The Morgan fingerprint density at radius 2 is 2.11 bits per heavy atom.